The Kier molecular flexibility index (Phi) is 5.87. The molecule has 128 valence electrons. The lowest BCUT2D eigenvalue weighted by Gasteiger charge is -2.22. The van der Waals surface area contributed by atoms with Gasteiger partial charge in [0, 0.05) is 12.0 Å². The van der Waals surface area contributed by atoms with Crippen LogP contribution in [-0.2, 0) is 10.2 Å². The fraction of sp³-hybridized carbons (Fsp3) is 0.588. The minimum absolute atomic E-state index is 0. The normalized spacial score (nSPS) is 28.8. The van der Waals surface area contributed by atoms with Gasteiger partial charge in [-0.1, -0.05) is 18.2 Å². The van der Waals surface area contributed by atoms with E-state index in [1.165, 1.54) is 6.07 Å². The fourth-order valence-corrected chi connectivity index (χ4v) is 4.16. The molecule has 1 aromatic rings. The highest BCUT2D eigenvalue weighted by molar-refractivity contribution is 5.85. The standard InChI is InChI=1S/C17H23FN2O2.ClH/c1-2-22-16(21)20-11-17(14-5-3-4-6-15(14)18)12-7-9-19-10-8-13(12)17;/h3-6,12-13,19H,2,7-11H2,1H3,(H,20,21);1H/t12-,13+,17?;. The SMILES string of the molecule is CCOC(=O)NCC1(c2ccccc2F)[C@@H]2CCNCC[C@@H]21.Cl. The lowest BCUT2D eigenvalue weighted by atomic mass is 9.89. The van der Waals surface area contributed by atoms with Gasteiger partial charge in [0.05, 0.1) is 6.61 Å². The Morgan fingerprint density at radius 3 is 2.61 bits per heavy atom. The zero-order valence-corrected chi connectivity index (χ0v) is 14.1. The Balaban J connectivity index is 0.00000192. The largest absolute Gasteiger partial charge is 0.450 e. The molecule has 3 rings (SSSR count). The molecule has 6 heteroatoms. The highest BCUT2D eigenvalue weighted by Crippen LogP contribution is 2.63. The van der Waals surface area contributed by atoms with Crippen molar-refractivity contribution < 1.29 is 13.9 Å². The molecule has 0 aromatic heterocycles. The predicted octanol–water partition coefficient (Wildman–Crippen LogP) is 2.86. The van der Waals surface area contributed by atoms with Gasteiger partial charge in [0.2, 0.25) is 0 Å². The Hall–Kier alpha value is -1.33. The highest BCUT2D eigenvalue weighted by Gasteiger charge is 2.65. The minimum atomic E-state index is -0.419. The van der Waals surface area contributed by atoms with Crippen LogP contribution in [0, 0.1) is 17.7 Å². The molecule has 0 radical (unpaired) electrons. The van der Waals surface area contributed by atoms with Gasteiger partial charge in [-0.3, -0.25) is 0 Å². The number of amides is 1. The third-order valence-electron chi connectivity index (χ3n) is 5.14. The van der Waals surface area contributed by atoms with Crippen LogP contribution in [0.3, 0.4) is 0 Å². The van der Waals surface area contributed by atoms with Crippen LogP contribution in [0.1, 0.15) is 25.3 Å². The smallest absolute Gasteiger partial charge is 0.407 e. The van der Waals surface area contributed by atoms with Crippen molar-refractivity contribution in [1.29, 1.82) is 0 Å². The average molecular weight is 343 g/mol. The molecular formula is C17H24ClFN2O2. The van der Waals surface area contributed by atoms with E-state index >= 15 is 0 Å². The Labute approximate surface area is 142 Å². The summed E-state index contributed by atoms with van der Waals surface area (Å²) in [5, 5.41) is 6.23. The number of benzene rings is 1. The summed E-state index contributed by atoms with van der Waals surface area (Å²) in [6.45, 7) is 4.48. The van der Waals surface area contributed by atoms with Crippen molar-refractivity contribution >= 4 is 18.5 Å². The van der Waals surface area contributed by atoms with Gasteiger partial charge in [-0.15, -0.1) is 12.4 Å². The van der Waals surface area contributed by atoms with E-state index in [-0.39, 0.29) is 23.6 Å². The summed E-state index contributed by atoms with van der Waals surface area (Å²) >= 11 is 0. The highest BCUT2D eigenvalue weighted by atomic mass is 35.5. The maximum absolute atomic E-state index is 14.4. The zero-order chi connectivity index (χ0) is 15.6. The molecule has 1 aromatic carbocycles. The first kappa shape index (κ1) is 18.0. The third kappa shape index (κ3) is 3.31. The van der Waals surface area contributed by atoms with Gasteiger partial charge in [-0.05, 0) is 56.3 Å². The molecule has 0 bridgehead atoms. The number of carbonyl (C=O) groups is 1. The first-order valence-corrected chi connectivity index (χ1v) is 8.06. The molecule has 1 amide bonds. The summed E-state index contributed by atoms with van der Waals surface area (Å²) in [6.07, 6.45) is 1.62. The quantitative estimate of drug-likeness (QED) is 0.884. The average Bonchev–Trinajstić information content (AvgIpc) is 3.18. The maximum Gasteiger partial charge on any atom is 0.407 e. The molecule has 0 spiro atoms. The molecule has 1 aliphatic carbocycles. The van der Waals surface area contributed by atoms with E-state index in [2.05, 4.69) is 10.6 Å². The van der Waals surface area contributed by atoms with Crippen molar-refractivity contribution in [3.05, 3.63) is 35.6 Å². The molecule has 2 fully saturated rings. The van der Waals surface area contributed by atoms with Crippen molar-refractivity contribution in [3.8, 4) is 0 Å². The summed E-state index contributed by atoms with van der Waals surface area (Å²) in [5.41, 5.74) is 0.462. The Morgan fingerprint density at radius 2 is 2.00 bits per heavy atom. The Bertz CT molecular complexity index is 543. The summed E-state index contributed by atoms with van der Waals surface area (Å²) in [5.74, 6) is 0.664. The van der Waals surface area contributed by atoms with Gasteiger partial charge in [-0.2, -0.15) is 0 Å². The fourth-order valence-electron chi connectivity index (χ4n) is 4.16. The molecule has 1 heterocycles. The number of carbonyl (C=O) groups excluding carboxylic acids is 1. The van der Waals surface area contributed by atoms with Crippen LogP contribution >= 0.6 is 12.4 Å². The second-order valence-electron chi connectivity index (χ2n) is 6.13. The van der Waals surface area contributed by atoms with Crippen LogP contribution in [0.2, 0.25) is 0 Å². The summed E-state index contributed by atoms with van der Waals surface area (Å²) in [6, 6.07) is 6.97. The van der Waals surface area contributed by atoms with Crippen molar-refractivity contribution in [2.45, 2.75) is 25.2 Å². The first-order chi connectivity index (χ1) is 10.7. The van der Waals surface area contributed by atoms with Gasteiger partial charge in [-0.25, -0.2) is 9.18 Å². The maximum atomic E-state index is 14.4. The van der Waals surface area contributed by atoms with E-state index in [9.17, 15) is 9.18 Å². The third-order valence-corrected chi connectivity index (χ3v) is 5.14. The Morgan fingerprint density at radius 1 is 1.35 bits per heavy atom. The van der Waals surface area contributed by atoms with E-state index in [0.717, 1.165) is 31.5 Å². The van der Waals surface area contributed by atoms with Crippen molar-refractivity contribution in [2.24, 2.45) is 11.8 Å². The van der Waals surface area contributed by atoms with Crippen LogP contribution in [-0.4, -0.2) is 32.3 Å². The number of halogens is 2. The van der Waals surface area contributed by atoms with Crippen LogP contribution in [0.5, 0.6) is 0 Å². The molecule has 1 saturated heterocycles. The van der Waals surface area contributed by atoms with Crippen LogP contribution in [0.4, 0.5) is 9.18 Å². The second-order valence-corrected chi connectivity index (χ2v) is 6.13. The number of fused-ring (bicyclic) bond motifs is 1. The van der Waals surface area contributed by atoms with Gasteiger partial charge >= 0.3 is 6.09 Å². The van der Waals surface area contributed by atoms with Crippen molar-refractivity contribution in [1.82, 2.24) is 10.6 Å². The number of alkyl carbamates (subject to hydrolysis) is 1. The number of hydrogen-bond donors (Lipinski definition) is 2. The van der Waals surface area contributed by atoms with Crippen molar-refractivity contribution in [2.75, 3.05) is 26.2 Å². The molecule has 1 aliphatic heterocycles. The molecule has 2 aliphatic rings. The molecule has 1 unspecified atom stereocenters. The van der Waals surface area contributed by atoms with Crippen molar-refractivity contribution in [3.63, 3.8) is 0 Å². The van der Waals surface area contributed by atoms with E-state index in [1.807, 2.05) is 12.1 Å². The van der Waals surface area contributed by atoms with E-state index in [4.69, 9.17) is 4.74 Å². The first-order valence-electron chi connectivity index (χ1n) is 8.06. The van der Waals surface area contributed by atoms with E-state index < -0.39 is 6.09 Å². The minimum Gasteiger partial charge on any atom is -0.450 e. The lowest BCUT2D eigenvalue weighted by Crippen LogP contribution is -2.36. The molecule has 3 atom stereocenters. The number of ether oxygens (including phenoxy) is 1. The zero-order valence-electron chi connectivity index (χ0n) is 13.3. The summed E-state index contributed by atoms with van der Waals surface area (Å²) < 4.78 is 19.3. The van der Waals surface area contributed by atoms with Crippen LogP contribution in [0.25, 0.3) is 0 Å². The molecule has 2 N–H and O–H groups in total. The van der Waals surface area contributed by atoms with Gasteiger partial charge in [0.25, 0.3) is 0 Å². The molecule has 1 saturated carbocycles. The molecule has 23 heavy (non-hydrogen) atoms. The number of rotatable bonds is 4. The number of nitrogens with one attached hydrogen (secondary N) is 2. The summed E-state index contributed by atoms with van der Waals surface area (Å²) in [4.78, 5) is 11.7. The van der Waals surface area contributed by atoms with E-state index in [0.29, 0.717) is 25.0 Å². The summed E-state index contributed by atoms with van der Waals surface area (Å²) in [7, 11) is 0. The van der Waals surface area contributed by atoms with Gasteiger partial charge < -0.3 is 15.4 Å². The molecule has 4 nitrogen and oxygen atoms in total. The topological polar surface area (TPSA) is 50.4 Å². The van der Waals surface area contributed by atoms with Gasteiger partial charge in [0.1, 0.15) is 5.82 Å². The molecular weight excluding hydrogens is 319 g/mol. The number of hydrogen-bond acceptors (Lipinski definition) is 3. The second kappa shape index (κ2) is 7.49. The van der Waals surface area contributed by atoms with Gasteiger partial charge in [0.15, 0.2) is 0 Å². The van der Waals surface area contributed by atoms with Crippen LogP contribution < -0.4 is 10.6 Å². The predicted molar refractivity (Wildman–Crippen MR) is 89.4 cm³/mol. The lowest BCUT2D eigenvalue weighted by molar-refractivity contribution is 0.150. The monoisotopic (exact) mass is 342 g/mol. The van der Waals surface area contributed by atoms with Crippen LogP contribution in [0.15, 0.2) is 24.3 Å². The van der Waals surface area contributed by atoms with E-state index in [1.54, 1.807) is 13.0 Å².